The number of fused-ring (bicyclic) bond motifs is 3. The van der Waals surface area contributed by atoms with Gasteiger partial charge in [0, 0.05) is 5.39 Å². The first-order valence-electron chi connectivity index (χ1n) is 9.24. The standard InChI is InChI=1S/C24H24O2/c1-15(2)25-23-10-9-19-13-20-11-17-7-5-6-8-18(17)12-21(20)14-22(19)24(23)26-16(3)4/h5-16H,1-4H3. The summed E-state index contributed by atoms with van der Waals surface area (Å²) in [5.74, 6) is 1.64. The predicted molar refractivity (Wildman–Crippen MR) is 110 cm³/mol. The van der Waals surface area contributed by atoms with Crippen LogP contribution in [0.25, 0.3) is 32.3 Å². The van der Waals surface area contributed by atoms with E-state index in [1.165, 1.54) is 26.9 Å². The molecule has 0 aromatic heterocycles. The topological polar surface area (TPSA) is 18.5 Å². The van der Waals surface area contributed by atoms with E-state index in [2.05, 4.69) is 54.6 Å². The Bertz CT molecular complexity index is 1090. The Morgan fingerprint density at radius 2 is 1.15 bits per heavy atom. The fourth-order valence-electron chi connectivity index (χ4n) is 3.42. The van der Waals surface area contributed by atoms with Crippen LogP contribution in [0.5, 0.6) is 11.5 Å². The smallest absolute Gasteiger partial charge is 0.169 e. The predicted octanol–water partition coefficient (Wildman–Crippen LogP) is 6.72. The molecule has 4 rings (SSSR count). The Hall–Kier alpha value is -2.74. The number of rotatable bonds is 4. The van der Waals surface area contributed by atoms with Crippen LogP contribution in [0.2, 0.25) is 0 Å². The maximum absolute atomic E-state index is 6.17. The highest BCUT2D eigenvalue weighted by molar-refractivity contribution is 6.06. The Morgan fingerprint density at radius 3 is 1.77 bits per heavy atom. The van der Waals surface area contributed by atoms with Gasteiger partial charge >= 0.3 is 0 Å². The Morgan fingerprint density at radius 1 is 0.577 bits per heavy atom. The van der Waals surface area contributed by atoms with Crippen molar-refractivity contribution in [3.63, 3.8) is 0 Å². The van der Waals surface area contributed by atoms with Crippen molar-refractivity contribution in [1.29, 1.82) is 0 Å². The highest BCUT2D eigenvalue weighted by Gasteiger charge is 2.14. The molecule has 0 heterocycles. The van der Waals surface area contributed by atoms with Crippen LogP contribution in [0.3, 0.4) is 0 Å². The summed E-state index contributed by atoms with van der Waals surface area (Å²) in [6, 6.07) is 21.6. The van der Waals surface area contributed by atoms with Crippen molar-refractivity contribution in [3.05, 3.63) is 60.7 Å². The van der Waals surface area contributed by atoms with Crippen molar-refractivity contribution in [2.45, 2.75) is 39.9 Å². The molecule has 4 aromatic rings. The second kappa shape index (κ2) is 6.53. The van der Waals surface area contributed by atoms with Gasteiger partial charge in [0.15, 0.2) is 11.5 Å². The van der Waals surface area contributed by atoms with Crippen LogP contribution in [0.15, 0.2) is 60.7 Å². The van der Waals surface area contributed by atoms with Crippen molar-refractivity contribution in [3.8, 4) is 11.5 Å². The Labute approximate surface area is 154 Å². The van der Waals surface area contributed by atoms with Crippen LogP contribution in [0.4, 0.5) is 0 Å². The zero-order valence-electron chi connectivity index (χ0n) is 15.7. The molecule has 0 aliphatic carbocycles. The van der Waals surface area contributed by atoms with E-state index in [1.54, 1.807) is 0 Å². The SMILES string of the molecule is CC(C)Oc1ccc2cc3cc4ccccc4cc3cc2c1OC(C)C. The van der Waals surface area contributed by atoms with Gasteiger partial charge in [-0.1, -0.05) is 30.3 Å². The molecule has 0 fully saturated rings. The number of benzene rings is 4. The minimum Gasteiger partial charge on any atom is -0.487 e. The molecule has 0 bridgehead atoms. The van der Waals surface area contributed by atoms with Crippen molar-refractivity contribution in [2.24, 2.45) is 0 Å². The fourth-order valence-corrected chi connectivity index (χ4v) is 3.42. The minimum absolute atomic E-state index is 0.0856. The molecule has 2 heteroatoms. The van der Waals surface area contributed by atoms with Crippen molar-refractivity contribution in [2.75, 3.05) is 0 Å². The van der Waals surface area contributed by atoms with Crippen LogP contribution < -0.4 is 9.47 Å². The summed E-state index contributed by atoms with van der Waals surface area (Å²) in [6.07, 6.45) is 0.189. The molecule has 0 spiro atoms. The molecule has 132 valence electrons. The third kappa shape index (κ3) is 3.08. The third-order valence-corrected chi connectivity index (χ3v) is 4.47. The molecule has 2 nitrogen and oxygen atoms in total. The second-order valence-electron chi connectivity index (χ2n) is 7.35. The first kappa shape index (κ1) is 16.7. The fraction of sp³-hybridized carbons (Fsp3) is 0.250. The first-order chi connectivity index (χ1) is 12.5. The molecular weight excluding hydrogens is 320 g/mol. The average Bonchev–Trinajstić information content (AvgIpc) is 2.60. The van der Waals surface area contributed by atoms with Gasteiger partial charge in [-0.15, -0.1) is 0 Å². The van der Waals surface area contributed by atoms with Gasteiger partial charge in [-0.3, -0.25) is 0 Å². The van der Waals surface area contributed by atoms with E-state index in [0.29, 0.717) is 0 Å². The van der Waals surface area contributed by atoms with Crippen molar-refractivity contribution < 1.29 is 9.47 Å². The van der Waals surface area contributed by atoms with Gasteiger partial charge in [0.05, 0.1) is 12.2 Å². The zero-order chi connectivity index (χ0) is 18.3. The van der Waals surface area contributed by atoms with Gasteiger partial charge in [-0.05, 0) is 85.0 Å². The maximum Gasteiger partial charge on any atom is 0.169 e. The molecule has 0 aliphatic rings. The summed E-state index contributed by atoms with van der Waals surface area (Å²) in [7, 11) is 0. The van der Waals surface area contributed by atoms with Crippen LogP contribution in [-0.4, -0.2) is 12.2 Å². The Balaban J connectivity index is 2.00. The lowest BCUT2D eigenvalue weighted by Crippen LogP contribution is -2.11. The summed E-state index contributed by atoms with van der Waals surface area (Å²) in [5, 5.41) is 7.23. The summed E-state index contributed by atoms with van der Waals surface area (Å²) in [6.45, 7) is 8.17. The summed E-state index contributed by atoms with van der Waals surface area (Å²) < 4.78 is 12.2. The molecular formula is C24H24O2. The zero-order valence-corrected chi connectivity index (χ0v) is 15.7. The lowest BCUT2D eigenvalue weighted by Gasteiger charge is -2.19. The average molecular weight is 344 g/mol. The molecule has 0 saturated carbocycles. The van der Waals surface area contributed by atoms with E-state index in [0.717, 1.165) is 16.9 Å². The monoisotopic (exact) mass is 344 g/mol. The van der Waals surface area contributed by atoms with E-state index in [1.807, 2.05) is 33.8 Å². The van der Waals surface area contributed by atoms with Gasteiger partial charge in [-0.2, -0.15) is 0 Å². The highest BCUT2D eigenvalue weighted by Crippen LogP contribution is 2.39. The largest absolute Gasteiger partial charge is 0.487 e. The third-order valence-electron chi connectivity index (χ3n) is 4.47. The minimum atomic E-state index is 0.0856. The lowest BCUT2D eigenvalue weighted by atomic mass is 9.99. The van der Waals surface area contributed by atoms with Gasteiger partial charge in [0.1, 0.15) is 0 Å². The summed E-state index contributed by atoms with van der Waals surface area (Å²) in [5.41, 5.74) is 0. The van der Waals surface area contributed by atoms with Crippen LogP contribution in [0.1, 0.15) is 27.7 Å². The molecule has 0 atom stereocenters. The number of ether oxygens (including phenoxy) is 2. The van der Waals surface area contributed by atoms with Gasteiger partial charge < -0.3 is 9.47 Å². The normalized spacial score (nSPS) is 11.8. The molecule has 4 aromatic carbocycles. The summed E-state index contributed by atoms with van der Waals surface area (Å²) in [4.78, 5) is 0. The van der Waals surface area contributed by atoms with Crippen molar-refractivity contribution in [1.82, 2.24) is 0 Å². The summed E-state index contributed by atoms with van der Waals surface area (Å²) >= 11 is 0. The van der Waals surface area contributed by atoms with Crippen molar-refractivity contribution >= 4 is 32.3 Å². The van der Waals surface area contributed by atoms with E-state index < -0.39 is 0 Å². The van der Waals surface area contributed by atoms with E-state index >= 15 is 0 Å². The van der Waals surface area contributed by atoms with Gasteiger partial charge in [-0.25, -0.2) is 0 Å². The van der Waals surface area contributed by atoms with Gasteiger partial charge in [0.25, 0.3) is 0 Å². The molecule has 0 aliphatic heterocycles. The van der Waals surface area contributed by atoms with E-state index in [9.17, 15) is 0 Å². The maximum atomic E-state index is 6.17. The van der Waals surface area contributed by atoms with Crippen LogP contribution >= 0.6 is 0 Å². The molecule has 0 unspecified atom stereocenters. The quantitative estimate of drug-likeness (QED) is 0.383. The number of hydrogen-bond acceptors (Lipinski definition) is 2. The molecule has 0 radical (unpaired) electrons. The molecule has 0 N–H and O–H groups in total. The molecule has 0 saturated heterocycles. The number of hydrogen-bond donors (Lipinski definition) is 0. The first-order valence-corrected chi connectivity index (χ1v) is 9.24. The lowest BCUT2D eigenvalue weighted by molar-refractivity contribution is 0.201. The highest BCUT2D eigenvalue weighted by atomic mass is 16.5. The van der Waals surface area contributed by atoms with E-state index in [-0.39, 0.29) is 12.2 Å². The second-order valence-corrected chi connectivity index (χ2v) is 7.35. The molecule has 0 amide bonds. The van der Waals surface area contributed by atoms with Crippen LogP contribution in [0, 0.1) is 0 Å². The van der Waals surface area contributed by atoms with Gasteiger partial charge in [0.2, 0.25) is 0 Å². The van der Waals surface area contributed by atoms with E-state index in [4.69, 9.17) is 9.47 Å². The Kier molecular flexibility index (Phi) is 4.20. The van der Waals surface area contributed by atoms with Crippen LogP contribution in [-0.2, 0) is 0 Å². The molecule has 26 heavy (non-hydrogen) atoms.